The van der Waals surface area contributed by atoms with Crippen LogP contribution >= 0.6 is 23.4 Å². The molecule has 2 heterocycles. The van der Waals surface area contributed by atoms with Crippen LogP contribution in [0.3, 0.4) is 0 Å². The normalized spacial score (nSPS) is 19.2. The number of hydrogen-bond donors (Lipinski definition) is 0. The summed E-state index contributed by atoms with van der Waals surface area (Å²) in [5, 5.41) is -0.0974. The third-order valence-electron chi connectivity index (χ3n) is 4.51. The smallest absolute Gasteiger partial charge is 0.160 e. The van der Waals surface area contributed by atoms with Gasteiger partial charge in [0.2, 0.25) is 0 Å². The number of pyridine rings is 1. The standard InChI is InChI=1S/C16H22ClN3S/c1-11-6-7-13-15(18-11)20(14(19-13)12(2)17)10-16(21-3)8-4-5-9-16/h6-7,12H,4-5,8-10H2,1-3H3. The zero-order valence-corrected chi connectivity index (χ0v) is 14.5. The molecule has 1 atom stereocenters. The number of thioether (sulfide) groups is 1. The van der Waals surface area contributed by atoms with E-state index in [4.69, 9.17) is 21.6 Å². The first-order chi connectivity index (χ1) is 10.0. The molecule has 1 aliphatic carbocycles. The summed E-state index contributed by atoms with van der Waals surface area (Å²) in [6.07, 6.45) is 7.43. The lowest BCUT2D eigenvalue weighted by atomic mass is 10.1. The summed E-state index contributed by atoms with van der Waals surface area (Å²) in [5.41, 5.74) is 2.97. The van der Waals surface area contributed by atoms with Crippen LogP contribution in [0.2, 0.25) is 0 Å². The minimum atomic E-state index is -0.0974. The summed E-state index contributed by atoms with van der Waals surface area (Å²) >= 11 is 8.37. The fourth-order valence-electron chi connectivity index (χ4n) is 3.31. The Morgan fingerprint density at radius 1 is 1.33 bits per heavy atom. The molecule has 3 nitrogen and oxygen atoms in total. The number of nitrogens with zero attached hydrogens (tertiary/aromatic N) is 3. The predicted molar refractivity (Wildman–Crippen MR) is 91.2 cm³/mol. The van der Waals surface area contributed by atoms with E-state index in [-0.39, 0.29) is 5.38 Å². The summed E-state index contributed by atoms with van der Waals surface area (Å²) < 4.78 is 2.58. The molecule has 114 valence electrons. The summed E-state index contributed by atoms with van der Waals surface area (Å²) in [6.45, 7) is 4.99. The van der Waals surface area contributed by atoms with E-state index in [2.05, 4.69) is 16.9 Å². The maximum Gasteiger partial charge on any atom is 0.160 e. The number of aromatic nitrogens is 3. The number of halogens is 1. The second kappa shape index (κ2) is 5.81. The van der Waals surface area contributed by atoms with Crippen molar-refractivity contribution >= 4 is 34.5 Å². The van der Waals surface area contributed by atoms with Crippen LogP contribution in [0.5, 0.6) is 0 Å². The van der Waals surface area contributed by atoms with Crippen molar-refractivity contribution in [1.29, 1.82) is 0 Å². The highest BCUT2D eigenvalue weighted by Gasteiger charge is 2.35. The molecule has 1 fully saturated rings. The van der Waals surface area contributed by atoms with Crippen LogP contribution in [0, 0.1) is 6.92 Å². The first-order valence-electron chi connectivity index (χ1n) is 7.58. The van der Waals surface area contributed by atoms with Gasteiger partial charge in [0.15, 0.2) is 5.65 Å². The maximum absolute atomic E-state index is 6.38. The van der Waals surface area contributed by atoms with Crippen molar-refractivity contribution < 1.29 is 0 Å². The molecule has 3 rings (SSSR count). The van der Waals surface area contributed by atoms with Crippen molar-refractivity contribution in [2.75, 3.05) is 6.26 Å². The van der Waals surface area contributed by atoms with E-state index >= 15 is 0 Å². The van der Waals surface area contributed by atoms with E-state index in [9.17, 15) is 0 Å². The zero-order valence-electron chi connectivity index (χ0n) is 12.9. The van der Waals surface area contributed by atoms with Gasteiger partial charge in [-0.25, -0.2) is 9.97 Å². The van der Waals surface area contributed by atoms with Crippen molar-refractivity contribution in [3.63, 3.8) is 0 Å². The van der Waals surface area contributed by atoms with E-state index < -0.39 is 0 Å². The molecule has 1 aliphatic rings. The molecule has 2 aromatic rings. The minimum Gasteiger partial charge on any atom is -0.310 e. The lowest BCUT2D eigenvalue weighted by Gasteiger charge is -2.28. The van der Waals surface area contributed by atoms with Crippen molar-refractivity contribution in [3.8, 4) is 0 Å². The summed E-state index contributed by atoms with van der Waals surface area (Å²) in [4.78, 5) is 9.44. The lowest BCUT2D eigenvalue weighted by molar-refractivity contribution is 0.498. The number of hydrogen-bond acceptors (Lipinski definition) is 3. The van der Waals surface area contributed by atoms with Crippen molar-refractivity contribution in [1.82, 2.24) is 14.5 Å². The first kappa shape index (κ1) is 15.2. The van der Waals surface area contributed by atoms with E-state index in [1.54, 1.807) is 0 Å². The van der Waals surface area contributed by atoms with Gasteiger partial charge in [-0.15, -0.1) is 11.6 Å². The van der Waals surface area contributed by atoms with Gasteiger partial charge in [-0.3, -0.25) is 0 Å². The third kappa shape index (κ3) is 2.80. The molecule has 0 aliphatic heterocycles. The second-order valence-electron chi connectivity index (χ2n) is 6.06. The van der Waals surface area contributed by atoms with Crippen LogP contribution in [0.25, 0.3) is 11.2 Å². The Morgan fingerprint density at radius 3 is 2.67 bits per heavy atom. The Bertz CT molecular complexity index is 644. The van der Waals surface area contributed by atoms with Crippen LogP contribution in [0.1, 0.15) is 49.5 Å². The van der Waals surface area contributed by atoms with Crippen molar-refractivity contribution in [2.45, 2.75) is 56.2 Å². The van der Waals surface area contributed by atoms with Crippen molar-refractivity contribution in [3.05, 3.63) is 23.7 Å². The Hall–Kier alpha value is -0.740. The van der Waals surface area contributed by atoms with Crippen LogP contribution in [0.4, 0.5) is 0 Å². The van der Waals surface area contributed by atoms with E-state index in [1.807, 2.05) is 31.7 Å². The van der Waals surface area contributed by atoms with Crippen molar-refractivity contribution in [2.24, 2.45) is 0 Å². The number of fused-ring (bicyclic) bond motifs is 1. The van der Waals surface area contributed by atoms with Gasteiger partial charge in [-0.2, -0.15) is 11.8 Å². The highest BCUT2D eigenvalue weighted by molar-refractivity contribution is 8.00. The first-order valence-corrected chi connectivity index (χ1v) is 9.24. The molecule has 0 spiro atoms. The Balaban J connectivity index is 2.10. The molecular weight excluding hydrogens is 302 g/mol. The summed E-state index contributed by atoms with van der Waals surface area (Å²) in [6, 6.07) is 4.07. The van der Waals surface area contributed by atoms with Crippen LogP contribution < -0.4 is 0 Å². The molecule has 21 heavy (non-hydrogen) atoms. The fraction of sp³-hybridized carbons (Fsp3) is 0.625. The van der Waals surface area contributed by atoms with Crippen LogP contribution in [-0.4, -0.2) is 25.5 Å². The van der Waals surface area contributed by atoms with Gasteiger partial charge in [-0.1, -0.05) is 12.8 Å². The minimum absolute atomic E-state index is 0.0974. The zero-order chi connectivity index (χ0) is 15.0. The molecule has 0 aromatic carbocycles. The molecule has 0 saturated heterocycles. The van der Waals surface area contributed by atoms with Gasteiger partial charge in [0, 0.05) is 17.0 Å². The Morgan fingerprint density at radius 2 is 2.05 bits per heavy atom. The number of alkyl halides is 1. The second-order valence-corrected chi connectivity index (χ2v) is 7.99. The maximum atomic E-state index is 6.38. The average Bonchev–Trinajstić information content (AvgIpc) is 3.05. The topological polar surface area (TPSA) is 30.7 Å². The van der Waals surface area contributed by atoms with E-state index in [0.29, 0.717) is 4.75 Å². The van der Waals surface area contributed by atoms with Gasteiger partial charge >= 0.3 is 0 Å². The van der Waals surface area contributed by atoms with E-state index in [0.717, 1.165) is 29.2 Å². The van der Waals surface area contributed by atoms with Gasteiger partial charge in [0.05, 0.1) is 5.38 Å². The number of aryl methyl sites for hydroxylation is 1. The highest BCUT2D eigenvalue weighted by Crippen LogP contribution is 2.42. The van der Waals surface area contributed by atoms with Gasteiger partial charge < -0.3 is 4.57 Å². The highest BCUT2D eigenvalue weighted by atomic mass is 35.5. The summed E-state index contributed by atoms with van der Waals surface area (Å²) in [5.74, 6) is 0.949. The Kier molecular flexibility index (Phi) is 4.19. The third-order valence-corrected chi connectivity index (χ3v) is 6.11. The lowest BCUT2D eigenvalue weighted by Crippen LogP contribution is -2.28. The molecule has 1 unspecified atom stereocenters. The molecular formula is C16H22ClN3S. The molecule has 1 saturated carbocycles. The van der Waals surface area contributed by atoms with Crippen LogP contribution in [-0.2, 0) is 6.54 Å². The van der Waals surface area contributed by atoms with E-state index in [1.165, 1.54) is 25.7 Å². The summed E-state index contributed by atoms with van der Waals surface area (Å²) in [7, 11) is 0. The molecule has 0 radical (unpaired) electrons. The molecule has 5 heteroatoms. The predicted octanol–water partition coefficient (Wildman–Crippen LogP) is 4.72. The molecule has 0 N–H and O–H groups in total. The largest absolute Gasteiger partial charge is 0.310 e. The van der Waals surface area contributed by atoms with Gasteiger partial charge in [0.1, 0.15) is 11.3 Å². The number of imidazole rings is 1. The SMILES string of the molecule is CSC1(Cn2c(C(C)Cl)nc3ccc(C)nc32)CCCC1. The monoisotopic (exact) mass is 323 g/mol. The molecule has 2 aromatic heterocycles. The number of rotatable bonds is 4. The average molecular weight is 324 g/mol. The van der Waals surface area contributed by atoms with Gasteiger partial charge in [-0.05, 0) is 45.1 Å². The fourth-order valence-corrected chi connectivity index (χ4v) is 4.43. The molecule has 0 amide bonds. The van der Waals surface area contributed by atoms with Gasteiger partial charge in [0.25, 0.3) is 0 Å². The Labute approximate surface area is 135 Å². The van der Waals surface area contributed by atoms with Crippen LogP contribution in [0.15, 0.2) is 12.1 Å². The quantitative estimate of drug-likeness (QED) is 0.763. The molecule has 0 bridgehead atoms.